The van der Waals surface area contributed by atoms with Gasteiger partial charge in [-0.05, 0) is 18.8 Å². The minimum Gasteiger partial charge on any atom is -0.323 e. The first-order chi connectivity index (χ1) is 8.02. The Labute approximate surface area is 104 Å². The van der Waals surface area contributed by atoms with E-state index in [1.807, 2.05) is 13.8 Å². The van der Waals surface area contributed by atoms with E-state index in [1.165, 1.54) is 0 Å². The Hall–Kier alpha value is -0.850. The van der Waals surface area contributed by atoms with Crippen LogP contribution in [0.2, 0.25) is 0 Å². The lowest BCUT2D eigenvalue weighted by atomic mass is 10.0. The molecule has 0 aliphatic carbocycles. The van der Waals surface area contributed by atoms with Crippen LogP contribution in [0.3, 0.4) is 0 Å². The maximum Gasteiger partial charge on any atom is 0.153 e. The molecule has 3 atom stereocenters. The van der Waals surface area contributed by atoms with Crippen molar-refractivity contribution in [1.82, 2.24) is 9.97 Å². The van der Waals surface area contributed by atoms with Gasteiger partial charge in [0, 0.05) is 18.4 Å². The van der Waals surface area contributed by atoms with Crippen molar-refractivity contribution in [3.63, 3.8) is 0 Å². The van der Waals surface area contributed by atoms with Crippen LogP contribution in [0, 0.1) is 5.92 Å². The number of hydrogen-bond donors (Lipinski definition) is 2. The topological polar surface area (TPSA) is 89.1 Å². The zero-order valence-corrected chi connectivity index (χ0v) is 11.0. The van der Waals surface area contributed by atoms with Gasteiger partial charge in [-0.25, -0.2) is 4.21 Å². The molecule has 6 heteroatoms. The molecule has 0 bridgehead atoms. The van der Waals surface area contributed by atoms with Gasteiger partial charge in [0.1, 0.15) is 0 Å². The first kappa shape index (κ1) is 14.2. The zero-order valence-electron chi connectivity index (χ0n) is 10.2. The van der Waals surface area contributed by atoms with Crippen LogP contribution in [0.15, 0.2) is 12.4 Å². The quantitative estimate of drug-likeness (QED) is 0.749. The summed E-state index contributed by atoms with van der Waals surface area (Å²) >= 11 is -1.77. The summed E-state index contributed by atoms with van der Waals surface area (Å²) in [5.41, 5.74) is 7.68. The molecule has 0 amide bonds. The van der Waals surface area contributed by atoms with E-state index >= 15 is 0 Å². The van der Waals surface area contributed by atoms with Crippen molar-refractivity contribution in [2.24, 2.45) is 11.7 Å². The third-order valence-electron chi connectivity index (χ3n) is 2.53. The van der Waals surface area contributed by atoms with Gasteiger partial charge in [0.2, 0.25) is 0 Å². The Balaban J connectivity index is 2.62. The zero-order chi connectivity index (χ0) is 12.8. The first-order valence-electron chi connectivity index (χ1n) is 5.66. The molecule has 1 aromatic rings. The Morgan fingerprint density at radius 2 is 2.24 bits per heavy atom. The molecule has 5 nitrogen and oxygen atoms in total. The van der Waals surface area contributed by atoms with E-state index in [9.17, 15) is 4.21 Å². The molecule has 1 heterocycles. The summed E-state index contributed by atoms with van der Waals surface area (Å²) in [6, 6.07) is -0.229. The van der Waals surface area contributed by atoms with Crippen molar-refractivity contribution in [1.29, 1.82) is 0 Å². The van der Waals surface area contributed by atoms with Crippen LogP contribution in [-0.2, 0) is 17.5 Å². The van der Waals surface area contributed by atoms with Crippen LogP contribution in [0.25, 0.3) is 0 Å². The number of aromatic nitrogens is 2. The predicted octanol–water partition coefficient (Wildman–Crippen LogP) is 1.29. The Bertz CT molecular complexity index is 387. The molecule has 0 saturated carbocycles. The molecule has 0 radical (unpaired) electrons. The highest BCUT2D eigenvalue weighted by molar-refractivity contribution is 7.79. The van der Waals surface area contributed by atoms with Crippen molar-refractivity contribution in [2.75, 3.05) is 5.75 Å². The molecule has 3 N–H and O–H groups in total. The molecule has 0 aromatic carbocycles. The highest BCUT2D eigenvalue weighted by atomic mass is 32.2. The molecule has 96 valence electrons. The van der Waals surface area contributed by atoms with Crippen LogP contribution in [0.4, 0.5) is 0 Å². The van der Waals surface area contributed by atoms with E-state index < -0.39 is 11.1 Å². The molecule has 1 aromatic heterocycles. The fraction of sp³-hybridized carbons (Fsp3) is 0.636. The van der Waals surface area contributed by atoms with Crippen LogP contribution in [0.5, 0.6) is 0 Å². The molecule has 3 unspecified atom stereocenters. The van der Waals surface area contributed by atoms with Crippen molar-refractivity contribution in [3.05, 3.63) is 23.8 Å². The summed E-state index contributed by atoms with van der Waals surface area (Å²) < 4.78 is 19.5. The number of nitrogens with two attached hydrogens (primary N) is 1. The van der Waals surface area contributed by atoms with Gasteiger partial charge >= 0.3 is 0 Å². The normalized spacial score (nSPS) is 16.5. The lowest BCUT2D eigenvalue weighted by molar-refractivity contribution is 0.485. The monoisotopic (exact) mass is 257 g/mol. The molecule has 0 fully saturated rings. The van der Waals surface area contributed by atoms with Gasteiger partial charge in [0.25, 0.3) is 0 Å². The lowest BCUT2D eigenvalue weighted by Crippen LogP contribution is -2.19. The summed E-state index contributed by atoms with van der Waals surface area (Å²) in [6.45, 7) is 3.92. The molecular formula is C11H19N3O2S. The number of rotatable bonds is 6. The predicted molar refractivity (Wildman–Crippen MR) is 67.8 cm³/mol. The van der Waals surface area contributed by atoms with Crippen LogP contribution in [-0.4, -0.2) is 24.5 Å². The number of nitrogens with zero attached hydrogens (tertiary/aromatic N) is 2. The van der Waals surface area contributed by atoms with Crippen molar-refractivity contribution >= 4 is 11.1 Å². The van der Waals surface area contributed by atoms with E-state index in [1.54, 1.807) is 12.4 Å². The van der Waals surface area contributed by atoms with Crippen LogP contribution >= 0.6 is 0 Å². The molecule has 0 aliphatic heterocycles. The molecular weight excluding hydrogens is 238 g/mol. The highest BCUT2D eigenvalue weighted by Crippen LogP contribution is 2.17. The standard InChI is InChI=1S/C11H19N3O2S/c1-3-9-5-13-6-11(14-9)10(12)4-8(2)7-17(15)16/h5-6,8,10H,3-4,7,12H2,1-2H3,(H,15,16). The fourth-order valence-corrected chi connectivity index (χ4v) is 2.26. The SMILES string of the molecule is CCc1cncc(C(N)CC(C)CS(=O)O)n1. The van der Waals surface area contributed by atoms with Gasteiger partial charge < -0.3 is 10.3 Å². The maximum absolute atomic E-state index is 10.7. The van der Waals surface area contributed by atoms with Gasteiger partial charge in [-0.15, -0.1) is 0 Å². The lowest BCUT2D eigenvalue weighted by Gasteiger charge is -2.15. The average molecular weight is 257 g/mol. The third-order valence-corrected chi connectivity index (χ3v) is 3.38. The second kappa shape index (κ2) is 6.78. The minimum absolute atomic E-state index is 0.0860. The van der Waals surface area contributed by atoms with E-state index in [2.05, 4.69) is 9.97 Å². The van der Waals surface area contributed by atoms with E-state index in [4.69, 9.17) is 10.3 Å². The Morgan fingerprint density at radius 1 is 1.53 bits per heavy atom. The van der Waals surface area contributed by atoms with Gasteiger partial charge in [0.05, 0.1) is 17.1 Å². The summed E-state index contributed by atoms with van der Waals surface area (Å²) in [4.78, 5) is 8.49. The van der Waals surface area contributed by atoms with Crippen molar-refractivity contribution < 1.29 is 8.76 Å². The fourth-order valence-electron chi connectivity index (χ4n) is 1.64. The van der Waals surface area contributed by atoms with E-state index in [0.717, 1.165) is 17.8 Å². The van der Waals surface area contributed by atoms with Gasteiger partial charge in [-0.3, -0.25) is 9.97 Å². The third kappa shape index (κ3) is 4.89. The molecule has 17 heavy (non-hydrogen) atoms. The van der Waals surface area contributed by atoms with Gasteiger partial charge in [0.15, 0.2) is 11.1 Å². The smallest absolute Gasteiger partial charge is 0.153 e. The molecule has 1 rings (SSSR count). The summed E-state index contributed by atoms with van der Waals surface area (Å²) in [5.74, 6) is 0.331. The number of aryl methyl sites for hydroxylation is 1. The second-order valence-corrected chi connectivity index (χ2v) is 5.20. The Morgan fingerprint density at radius 3 is 2.82 bits per heavy atom. The second-order valence-electron chi connectivity index (χ2n) is 4.22. The Kier molecular flexibility index (Phi) is 5.67. The van der Waals surface area contributed by atoms with Gasteiger partial charge in [-0.2, -0.15) is 0 Å². The average Bonchev–Trinajstić information content (AvgIpc) is 2.27. The number of hydrogen-bond acceptors (Lipinski definition) is 4. The summed E-state index contributed by atoms with van der Waals surface area (Å²) in [6.07, 6.45) is 4.84. The first-order valence-corrected chi connectivity index (χ1v) is 6.94. The maximum atomic E-state index is 10.7. The van der Waals surface area contributed by atoms with Crippen molar-refractivity contribution in [2.45, 2.75) is 32.7 Å². The highest BCUT2D eigenvalue weighted by Gasteiger charge is 2.14. The summed E-state index contributed by atoms with van der Waals surface area (Å²) in [7, 11) is 0. The molecule has 0 spiro atoms. The van der Waals surface area contributed by atoms with Crippen LogP contribution < -0.4 is 5.73 Å². The van der Waals surface area contributed by atoms with E-state index in [0.29, 0.717) is 6.42 Å². The van der Waals surface area contributed by atoms with E-state index in [-0.39, 0.29) is 17.7 Å². The molecule has 0 aliphatic rings. The van der Waals surface area contributed by atoms with Crippen LogP contribution in [0.1, 0.15) is 37.7 Å². The van der Waals surface area contributed by atoms with Crippen molar-refractivity contribution in [3.8, 4) is 0 Å². The largest absolute Gasteiger partial charge is 0.323 e. The van der Waals surface area contributed by atoms with Gasteiger partial charge in [-0.1, -0.05) is 13.8 Å². The molecule has 0 saturated heterocycles. The minimum atomic E-state index is -1.77. The summed E-state index contributed by atoms with van der Waals surface area (Å²) in [5, 5.41) is 0.